The molecule has 0 aliphatic carbocycles. The van der Waals surface area contributed by atoms with E-state index in [2.05, 4.69) is 4.98 Å². The minimum atomic E-state index is -4.96. The monoisotopic (exact) mass is 261 g/mol. The Morgan fingerprint density at radius 3 is 2.31 bits per heavy atom. The highest BCUT2D eigenvalue weighted by Gasteiger charge is 2.39. The van der Waals surface area contributed by atoms with Gasteiger partial charge in [-0.25, -0.2) is 8.78 Å². The van der Waals surface area contributed by atoms with E-state index in [0.29, 0.717) is 6.20 Å². The van der Waals surface area contributed by atoms with Gasteiger partial charge in [0.15, 0.2) is 0 Å². The molecule has 2 nitrogen and oxygen atoms in total. The molecule has 8 heteroatoms. The predicted molar refractivity (Wildman–Crippen MR) is 45.4 cm³/mol. The fraction of sp³-hybridized carbons (Fsp3) is 0.375. The number of alkyl halides is 6. The molecular formula is C8H5ClF5NO. The van der Waals surface area contributed by atoms with Crippen molar-refractivity contribution in [3.63, 3.8) is 0 Å². The summed E-state index contributed by atoms with van der Waals surface area (Å²) < 4.78 is 62.0. The van der Waals surface area contributed by atoms with Gasteiger partial charge in [0.25, 0.3) is 6.43 Å². The molecule has 1 aromatic heterocycles. The van der Waals surface area contributed by atoms with Crippen molar-refractivity contribution in [2.75, 3.05) is 0 Å². The van der Waals surface area contributed by atoms with E-state index in [9.17, 15) is 22.0 Å². The second-order valence-corrected chi connectivity index (χ2v) is 3.08. The minimum Gasteiger partial charge on any atom is -0.506 e. The molecule has 0 aliphatic rings. The predicted octanol–water partition coefficient (Wildman–Crippen LogP) is 3.48. The normalized spacial score (nSPS) is 12.2. The van der Waals surface area contributed by atoms with Crippen LogP contribution in [0.15, 0.2) is 6.20 Å². The highest BCUT2D eigenvalue weighted by molar-refractivity contribution is 6.17. The first-order valence-electron chi connectivity index (χ1n) is 3.91. The summed E-state index contributed by atoms with van der Waals surface area (Å²) in [6.45, 7) is 0. The summed E-state index contributed by atoms with van der Waals surface area (Å²) in [5.41, 5.74) is -3.53. The summed E-state index contributed by atoms with van der Waals surface area (Å²) >= 11 is 5.17. The van der Waals surface area contributed by atoms with E-state index in [-0.39, 0.29) is 0 Å². The van der Waals surface area contributed by atoms with Gasteiger partial charge in [-0.15, -0.1) is 11.6 Å². The van der Waals surface area contributed by atoms with Gasteiger partial charge >= 0.3 is 6.18 Å². The van der Waals surface area contributed by atoms with Gasteiger partial charge in [0, 0.05) is 5.56 Å². The van der Waals surface area contributed by atoms with Gasteiger partial charge in [-0.3, -0.25) is 4.98 Å². The van der Waals surface area contributed by atoms with Crippen molar-refractivity contribution in [1.82, 2.24) is 4.98 Å². The highest BCUT2D eigenvalue weighted by Crippen LogP contribution is 2.41. The van der Waals surface area contributed by atoms with Crippen molar-refractivity contribution in [1.29, 1.82) is 0 Å². The number of halogens is 6. The zero-order chi connectivity index (χ0) is 12.5. The molecule has 0 aliphatic heterocycles. The van der Waals surface area contributed by atoms with E-state index in [1.165, 1.54) is 0 Å². The summed E-state index contributed by atoms with van der Waals surface area (Å²) in [7, 11) is 0. The van der Waals surface area contributed by atoms with Crippen LogP contribution < -0.4 is 0 Å². The number of rotatable bonds is 2. The Morgan fingerprint density at radius 2 is 1.94 bits per heavy atom. The summed E-state index contributed by atoms with van der Waals surface area (Å²) in [4.78, 5) is 3.04. The topological polar surface area (TPSA) is 33.1 Å². The van der Waals surface area contributed by atoms with Gasteiger partial charge < -0.3 is 5.11 Å². The van der Waals surface area contributed by atoms with E-state index in [1.54, 1.807) is 0 Å². The summed E-state index contributed by atoms with van der Waals surface area (Å²) in [6, 6.07) is 0. The molecule has 1 heterocycles. The fourth-order valence-corrected chi connectivity index (χ4v) is 1.47. The molecule has 0 radical (unpaired) electrons. The molecule has 0 aromatic carbocycles. The molecule has 0 spiro atoms. The molecule has 0 unspecified atom stereocenters. The van der Waals surface area contributed by atoms with Crippen LogP contribution >= 0.6 is 11.6 Å². The number of aromatic hydroxyl groups is 1. The smallest absolute Gasteiger partial charge is 0.420 e. The molecule has 0 saturated carbocycles. The maximum absolute atomic E-state index is 12.4. The number of hydrogen-bond acceptors (Lipinski definition) is 2. The maximum Gasteiger partial charge on any atom is 0.420 e. The molecule has 0 bridgehead atoms. The third kappa shape index (κ3) is 2.34. The van der Waals surface area contributed by atoms with E-state index in [4.69, 9.17) is 16.7 Å². The lowest BCUT2D eigenvalue weighted by atomic mass is 10.1. The third-order valence-electron chi connectivity index (χ3n) is 1.82. The molecule has 1 rings (SSSR count). The number of pyridine rings is 1. The lowest BCUT2D eigenvalue weighted by molar-refractivity contribution is -0.139. The van der Waals surface area contributed by atoms with Crippen LogP contribution in [0, 0.1) is 0 Å². The Labute approximate surface area is 91.7 Å². The lowest BCUT2D eigenvalue weighted by Gasteiger charge is -2.15. The standard InChI is InChI=1S/C8H5ClF5NO/c9-1-3-5(8(12,13)14)4(16)2-15-6(3)7(10)11/h2,7,16H,1H2. The second-order valence-electron chi connectivity index (χ2n) is 2.81. The van der Waals surface area contributed by atoms with Gasteiger partial charge in [0.05, 0.1) is 12.1 Å². The van der Waals surface area contributed by atoms with Crippen LogP contribution in [0.2, 0.25) is 0 Å². The van der Waals surface area contributed by atoms with Crippen LogP contribution in [0.25, 0.3) is 0 Å². The van der Waals surface area contributed by atoms with Crippen molar-refractivity contribution in [2.24, 2.45) is 0 Å². The van der Waals surface area contributed by atoms with Crippen LogP contribution in [-0.4, -0.2) is 10.1 Å². The first kappa shape index (κ1) is 13.0. The van der Waals surface area contributed by atoms with Crippen LogP contribution in [0.1, 0.15) is 23.2 Å². The molecule has 16 heavy (non-hydrogen) atoms. The zero-order valence-corrected chi connectivity index (χ0v) is 8.28. The maximum atomic E-state index is 12.4. The van der Waals surface area contributed by atoms with E-state index in [0.717, 1.165) is 0 Å². The molecule has 0 atom stereocenters. The molecular weight excluding hydrogens is 257 g/mol. The van der Waals surface area contributed by atoms with Crippen LogP contribution in [0.5, 0.6) is 5.75 Å². The van der Waals surface area contributed by atoms with E-state index < -0.39 is 41.1 Å². The Bertz CT molecular complexity index is 393. The van der Waals surface area contributed by atoms with Crippen molar-refractivity contribution < 1.29 is 27.1 Å². The average Bonchev–Trinajstić information content (AvgIpc) is 2.14. The quantitative estimate of drug-likeness (QED) is 0.653. The number of aromatic nitrogens is 1. The van der Waals surface area contributed by atoms with E-state index in [1.807, 2.05) is 0 Å². The zero-order valence-electron chi connectivity index (χ0n) is 7.52. The average molecular weight is 262 g/mol. The summed E-state index contributed by atoms with van der Waals surface area (Å²) in [5, 5.41) is 8.98. The molecule has 0 amide bonds. The summed E-state index contributed by atoms with van der Waals surface area (Å²) in [5.74, 6) is -2.02. The van der Waals surface area contributed by atoms with Gasteiger partial charge in [0.2, 0.25) is 0 Å². The Kier molecular flexibility index (Phi) is 3.57. The first-order chi connectivity index (χ1) is 7.29. The number of hydrogen-bond donors (Lipinski definition) is 1. The van der Waals surface area contributed by atoms with Crippen molar-refractivity contribution in [2.45, 2.75) is 18.5 Å². The van der Waals surface area contributed by atoms with E-state index >= 15 is 0 Å². The fourth-order valence-electron chi connectivity index (χ4n) is 1.20. The van der Waals surface area contributed by atoms with Gasteiger partial charge in [0.1, 0.15) is 17.0 Å². The number of nitrogens with zero attached hydrogens (tertiary/aromatic N) is 1. The molecule has 1 N–H and O–H groups in total. The van der Waals surface area contributed by atoms with Crippen molar-refractivity contribution in [3.8, 4) is 5.75 Å². The largest absolute Gasteiger partial charge is 0.506 e. The highest BCUT2D eigenvalue weighted by atomic mass is 35.5. The van der Waals surface area contributed by atoms with Crippen LogP contribution in [0.3, 0.4) is 0 Å². The van der Waals surface area contributed by atoms with Crippen molar-refractivity contribution >= 4 is 11.6 Å². The SMILES string of the molecule is Oc1cnc(C(F)F)c(CCl)c1C(F)(F)F. The van der Waals surface area contributed by atoms with Gasteiger partial charge in [-0.05, 0) is 0 Å². The minimum absolute atomic E-state index is 0.334. The van der Waals surface area contributed by atoms with Gasteiger partial charge in [-0.2, -0.15) is 13.2 Å². The Hall–Kier alpha value is -1.11. The lowest BCUT2D eigenvalue weighted by Crippen LogP contribution is -2.12. The molecule has 1 aromatic rings. The Balaban J connectivity index is 3.51. The Morgan fingerprint density at radius 1 is 1.38 bits per heavy atom. The first-order valence-corrected chi connectivity index (χ1v) is 4.44. The third-order valence-corrected chi connectivity index (χ3v) is 2.08. The molecule has 0 fully saturated rings. The van der Waals surface area contributed by atoms with Crippen molar-refractivity contribution in [3.05, 3.63) is 23.0 Å². The van der Waals surface area contributed by atoms with Crippen LogP contribution in [-0.2, 0) is 12.1 Å². The van der Waals surface area contributed by atoms with Crippen LogP contribution in [0.4, 0.5) is 22.0 Å². The summed E-state index contributed by atoms with van der Waals surface area (Å²) in [6.07, 6.45) is -7.81. The molecule has 0 saturated heterocycles. The molecule has 90 valence electrons. The van der Waals surface area contributed by atoms with Gasteiger partial charge in [-0.1, -0.05) is 0 Å². The second kappa shape index (κ2) is 4.40.